The maximum Gasteiger partial charge on any atom is 0.258 e. The molecule has 0 aliphatic carbocycles. The number of halogens is 3. The van der Waals surface area contributed by atoms with E-state index in [4.69, 9.17) is 11.6 Å². The summed E-state index contributed by atoms with van der Waals surface area (Å²) >= 11 is 5.67. The summed E-state index contributed by atoms with van der Waals surface area (Å²) in [6.45, 7) is 0. The Labute approximate surface area is 91.5 Å². The summed E-state index contributed by atoms with van der Waals surface area (Å²) < 4.78 is 25.0. The maximum atomic E-state index is 12.5. The summed E-state index contributed by atoms with van der Waals surface area (Å²) in [6.07, 6.45) is -2.54. The van der Waals surface area contributed by atoms with Gasteiger partial charge in [0.2, 0.25) is 0 Å². The van der Waals surface area contributed by atoms with Gasteiger partial charge in [0.25, 0.3) is 6.43 Å². The first-order valence-corrected chi connectivity index (χ1v) is 5.03. The molecule has 2 aromatic carbocycles. The lowest BCUT2D eigenvalue weighted by atomic mass is 10.0. The number of fused-ring (bicyclic) bond motifs is 1. The van der Waals surface area contributed by atoms with Gasteiger partial charge in [-0.15, -0.1) is 11.6 Å². The zero-order chi connectivity index (χ0) is 10.8. The number of rotatable bonds is 2. The van der Waals surface area contributed by atoms with Gasteiger partial charge in [-0.3, -0.25) is 0 Å². The van der Waals surface area contributed by atoms with Crippen molar-refractivity contribution < 1.29 is 8.78 Å². The SMILES string of the molecule is FC(F)C(Cl)c1cccc2ccccc12. The van der Waals surface area contributed by atoms with E-state index in [1.807, 2.05) is 30.3 Å². The third kappa shape index (κ3) is 1.95. The quantitative estimate of drug-likeness (QED) is 0.667. The van der Waals surface area contributed by atoms with Crippen molar-refractivity contribution in [1.29, 1.82) is 0 Å². The molecule has 0 saturated carbocycles. The Hall–Kier alpha value is -1.15. The standard InChI is InChI=1S/C12H9ClF2/c13-11(12(14)15)10-7-3-5-8-4-1-2-6-9(8)10/h1-7,11-12H. The molecule has 0 amide bonds. The lowest BCUT2D eigenvalue weighted by Gasteiger charge is -2.11. The highest BCUT2D eigenvalue weighted by Gasteiger charge is 2.20. The van der Waals surface area contributed by atoms with E-state index >= 15 is 0 Å². The molecular formula is C12H9ClF2. The summed E-state index contributed by atoms with van der Waals surface area (Å²) in [5, 5.41) is 0.484. The fraction of sp³-hybridized carbons (Fsp3) is 0.167. The second-order valence-electron chi connectivity index (χ2n) is 3.30. The summed E-state index contributed by atoms with van der Waals surface area (Å²) in [5.74, 6) is 0. The average molecular weight is 227 g/mol. The monoisotopic (exact) mass is 226 g/mol. The Morgan fingerprint density at radius 1 is 0.933 bits per heavy atom. The largest absolute Gasteiger partial charge is 0.258 e. The highest BCUT2D eigenvalue weighted by atomic mass is 35.5. The zero-order valence-electron chi connectivity index (χ0n) is 7.83. The van der Waals surface area contributed by atoms with Gasteiger partial charge >= 0.3 is 0 Å². The highest BCUT2D eigenvalue weighted by molar-refractivity contribution is 6.22. The minimum atomic E-state index is -2.54. The normalized spacial score (nSPS) is 13.3. The molecule has 0 fully saturated rings. The molecule has 1 atom stereocenters. The van der Waals surface area contributed by atoms with Crippen LogP contribution in [-0.2, 0) is 0 Å². The summed E-state index contributed by atoms with van der Waals surface area (Å²) in [6, 6.07) is 12.7. The van der Waals surface area contributed by atoms with E-state index in [1.165, 1.54) is 0 Å². The molecular weight excluding hydrogens is 218 g/mol. The van der Waals surface area contributed by atoms with Crippen molar-refractivity contribution in [1.82, 2.24) is 0 Å². The summed E-state index contributed by atoms with van der Waals surface area (Å²) in [4.78, 5) is 0. The molecule has 0 aliphatic heterocycles. The van der Waals surface area contributed by atoms with Gasteiger partial charge in [-0.1, -0.05) is 42.5 Å². The van der Waals surface area contributed by atoms with Crippen LogP contribution in [0.15, 0.2) is 42.5 Å². The van der Waals surface area contributed by atoms with E-state index in [2.05, 4.69) is 0 Å². The van der Waals surface area contributed by atoms with Crippen molar-refractivity contribution in [2.75, 3.05) is 0 Å². The first-order valence-electron chi connectivity index (χ1n) is 4.60. The van der Waals surface area contributed by atoms with Crippen LogP contribution >= 0.6 is 11.6 Å². The molecule has 0 saturated heterocycles. The van der Waals surface area contributed by atoms with E-state index in [-0.39, 0.29) is 0 Å². The van der Waals surface area contributed by atoms with E-state index < -0.39 is 11.8 Å². The second kappa shape index (κ2) is 4.15. The Balaban J connectivity index is 2.60. The first kappa shape index (κ1) is 10.4. The van der Waals surface area contributed by atoms with Crippen molar-refractivity contribution in [2.24, 2.45) is 0 Å². The van der Waals surface area contributed by atoms with Crippen LogP contribution < -0.4 is 0 Å². The van der Waals surface area contributed by atoms with Crippen LogP contribution in [0.5, 0.6) is 0 Å². The Kier molecular flexibility index (Phi) is 2.87. The Bertz CT molecular complexity index is 463. The third-order valence-electron chi connectivity index (χ3n) is 2.34. The number of hydrogen-bond donors (Lipinski definition) is 0. The maximum absolute atomic E-state index is 12.5. The molecule has 78 valence electrons. The third-order valence-corrected chi connectivity index (χ3v) is 2.77. The zero-order valence-corrected chi connectivity index (χ0v) is 8.59. The summed E-state index contributed by atoms with van der Waals surface area (Å²) in [7, 11) is 0. The minimum absolute atomic E-state index is 0.491. The number of benzene rings is 2. The predicted octanol–water partition coefficient (Wildman–Crippen LogP) is 4.38. The van der Waals surface area contributed by atoms with Crippen LogP contribution in [-0.4, -0.2) is 6.43 Å². The van der Waals surface area contributed by atoms with Crippen LogP contribution in [0.3, 0.4) is 0 Å². The molecule has 0 spiro atoms. The van der Waals surface area contributed by atoms with Gasteiger partial charge in [0.05, 0.1) is 0 Å². The van der Waals surface area contributed by atoms with Gasteiger partial charge in [-0.25, -0.2) is 8.78 Å². The van der Waals surface area contributed by atoms with Crippen LogP contribution in [0, 0.1) is 0 Å². The van der Waals surface area contributed by atoms with Crippen molar-refractivity contribution in [2.45, 2.75) is 11.8 Å². The average Bonchev–Trinajstić information content (AvgIpc) is 2.27. The van der Waals surface area contributed by atoms with Gasteiger partial charge in [0.1, 0.15) is 5.38 Å². The lowest BCUT2D eigenvalue weighted by Crippen LogP contribution is -2.02. The van der Waals surface area contributed by atoms with Gasteiger partial charge < -0.3 is 0 Å². The van der Waals surface area contributed by atoms with Gasteiger partial charge in [0.15, 0.2) is 0 Å². The molecule has 2 rings (SSSR count). The summed E-state index contributed by atoms with van der Waals surface area (Å²) in [5.41, 5.74) is 0.491. The van der Waals surface area contributed by atoms with Crippen LogP contribution in [0.2, 0.25) is 0 Å². The Morgan fingerprint density at radius 2 is 1.60 bits per heavy atom. The molecule has 0 heterocycles. The molecule has 0 radical (unpaired) electrons. The van der Waals surface area contributed by atoms with E-state index in [9.17, 15) is 8.78 Å². The molecule has 15 heavy (non-hydrogen) atoms. The van der Waals surface area contributed by atoms with Gasteiger partial charge in [0, 0.05) is 0 Å². The molecule has 0 aliphatic rings. The Morgan fingerprint density at radius 3 is 2.33 bits per heavy atom. The molecule has 2 aromatic rings. The van der Waals surface area contributed by atoms with Gasteiger partial charge in [-0.2, -0.15) is 0 Å². The first-order chi connectivity index (χ1) is 7.20. The molecule has 1 unspecified atom stereocenters. The van der Waals surface area contributed by atoms with Gasteiger partial charge in [-0.05, 0) is 16.3 Å². The van der Waals surface area contributed by atoms with E-state index in [1.54, 1.807) is 12.1 Å². The molecule has 0 nitrogen and oxygen atoms in total. The smallest absolute Gasteiger partial charge is 0.208 e. The molecule has 0 aromatic heterocycles. The molecule has 0 N–H and O–H groups in total. The van der Waals surface area contributed by atoms with Crippen molar-refractivity contribution in [3.63, 3.8) is 0 Å². The van der Waals surface area contributed by atoms with Crippen LogP contribution in [0.4, 0.5) is 8.78 Å². The van der Waals surface area contributed by atoms with Crippen molar-refractivity contribution in [3.05, 3.63) is 48.0 Å². The predicted molar refractivity (Wildman–Crippen MR) is 58.5 cm³/mol. The fourth-order valence-electron chi connectivity index (χ4n) is 1.63. The second-order valence-corrected chi connectivity index (χ2v) is 3.77. The minimum Gasteiger partial charge on any atom is -0.208 e. The fourth-order valence-corrected chi connectivity index (χ4v) is 1.82. The highest BCUT2D eigenvalue weighted by Crippen LogP contribution is 2.32. The van der Waals surface area contributed by atoms with Crippen molar-refractivity contribution >= 4 is 22.4 Å². The number of hydrogen-bond acceptors (Lipinski definition) is 0. The molecule has 0 bridgehead atoms. The molecule has 3 heteroatoms. The lowest BCUT2D eigenvalue weighted by molar-refractivity contribution is 0.143. The topological polar surface area (TPSA) is 0 Å². The van der Waals surface area contributed by atoms with E-state index in [0.717, 1.165) is 10.8 Å². The van der Waals surface area contributed by atoms with Crippen LogP contribution in [0.25, 0.3) is 10.8 Å². The van der Waals surface area contributed by atoms with Crippen LogP contribution in [0.1, 0.15) is 10.9 Å². The number of alkyl halides is 3. The van der Waals surface area contributed by atoms with Crippen molar-refractivity contribution in [3.8, 4) is 0 Å². The van der Waals surface area contributed by atoms with E-state index in [0.29, 0.717) is 5.56 Å².